The molecule has 1 aromatic rings. The predicted molar refractivity (Wildman–Crippen MR) is 55.0 cm³/mol. The summed E-state index contributed by atoms with van der Waals surface area (Å²) < 4.78 is 0. The monoisotopic (exact) mass is 197 g/mol. The lowest BCUT2D eigenvalue weighted by atomic mass is 9.88. The molecule has 0 bridgehead atoms. The van der Waals surface area contributed by atoms with E-state index in [9.17, 15) is 4.79 Å². The minimum Gasteiger partial charge on any atom is -0.299 e. The Bertz CT molecular complexity index is 309. The van der Waals surface area contributed by atoms with Gasteiger partial charge in [-0.05, 0) is 6.92 Å². The maximum absolute atomic E-state index is 11.7. The Morgan fingerprint density at radius 1 is 1.54 bits per heavy atom. The van der Waals surface area contributed by atoms with Crippen molar-refractivity contribution in [1.82, 2.24) is 4.98 Å². The Labute approximate surface area is 83.0 Å². The summed E-state index contributed by atoms with van der Waals surface area (Å²) in [5.74, 6) is 0.278. The highest BCUT2D eigenvalue weighted by Gasteiger charge is 2.22. The van der Waals surface area contributed by atoms with Gasteiger partial charge in [0.25, 0.3) is 0 Å². The van der Waals surface area contributed by atoms with Crippen LogP contribution in [0.25, 0.3) is 0 Å². The molecule has 1 heterocycles. The molecular formula is C10H15NOS. The Morgan fingerprint density at radius 3 is 2.54 bits per heavy atom. The first-order valence-corrected chi connectivity index (χ1v) is 5.21. The second-order valence-corrected chi connectivity index (χ2v) is 5.15. The first kappa shape index (κ1) is 10.4. The zero-order valence-electron chi connectivity index (χ0n) is 8.55. The molecule has 72 valence electrons. The predicted octanol–water partition coefficient (Wildman–Crippen LogP) is 2.61. The highest BCUT2D eigenvalue weighted by atomic mass is 32.1. The fourth-order valence-corrected chi connectivity index (χ4v) is 1.68. The normalized spacial score (nSPS) is 11.7. The van der Waals surface area contributed by atoms with Gasteiger partial charge in [-0.1, -0.05) is 20.8 Å². The van der Waals surface area contributed by atoms with Gasteiger partial charge in [-0.25, -0.2) is 4.98 Å². The Morgan fingerprint density at radius 2 is 2.15 bits per heavy atom. The van der Waals surface area contributed by atoms with Gasteiger partial charge >= 0.3 is 0 Å². The van der Waals surface area contributed by atoms with Gasteiger partial charge in [0.2, 0.25) is 0 Å². The SMILES string of the molecule is Cc1ncsc1CC(=O)C(C)(C)C. The second kappa shape index (κ2) is 3.58. The summed E-state index contributed by atoms with van der Waals surface area (Å²) in [6, 6.07) is 0. The van der Waals surface area contributed by atoms with E-state index in [1.807, 2.05) is 27.7 Å². The number of ketones is 1. The van der Waals surface area contributed by atoms with Crippen molar-refractivity contribution in [2.24, 2.45) is 5.41 Å². The third-order valence-electron chi connectivity index (χ3n) is 2.00. The molecule has 0 aliphatic carbocycles. The van der Waals surface area contributed by atoms with Crippen LogP contribution in [-0.4, -0.2) is 10.8 Å². The number of nitrogens with zero attached hydrogens (tertiary/aromatic N) is 1. The number of hydrogen-bond acceptors (Lipinski definition) is 3. The largest absolute Gasteiger partial charge is 0.299 e. The number of carbonyl (C=O) groups excluding carboxylic acids is 1. The van der Waals surface area contributed by atoms with Gasteiger partial charge in [0.15, 0.2) is 0 Å². The van der Waals surface area contributed by atoms with E-state index in [1.165, 1.54) is 0 Å². The van der Waals surface area contributed by atoms with Crippen LogP contribution in [0, 0.1) is 12.3 Å². The van der Waals surface area contributed by atoms with Crippen molar-refractivity contribution in [3.05, 3.63) is 16.1 Å². The number of rotatable bonds is 2. The van der Waals surface area contributed by atoms with Crippen LogP contribution in [0.4, 0.5) is 0 Å². The van der Waals surface area contributed by atoms with Gasteiger partial charge in [-0.3, -0.25) is 4.79 Å². The average Bonchev–Trinajstić information content (AvgIpc) is 2.34. The molecule has 1 rings (SSSR count). The molecule has 0 amide bonds. The van der Waals surface area contributed by atoms with Crippen molar-refractivity contribution in [2.75, 3.05) is 0 Å². The van der Waals surface area contributed by atoms with E-state index in [1.54, 1.807) is 16.8 Å². The Balaban J connectivity index is 2.71. The smallest absolute Gasteiger partial charge is 0.143 e. The molecule has 0 N–H and O–H groups in total. The minimum atomic E-state index is -0.240. The summed E-state index contributed by atoms with van der Waals surface area (Å²) in [6.45, 7) is 7.80. The second-order valence-electron chi connectivity index (χ2n) is 4.21. The molecule has 0 radical (unpaired) electrons. The molecule has 0 saturated heterocycles. The molecule has 0 fully saturated rings. The first-order chi connectivity index (χ1) is 5.91. The van der Waals surface area contributed by atoms with E-state index in [-0.39, 0.29) is 11.2 Å². The lowest BCUT2D eigenvalue weighted by Crippen LogP contribution is -2.21. The van der Waals surface area contributed by atoms with Crippen LogP contribution < -0.4 is 0 Å². The summed E-state index contributed by atoms with van der Waals surface area (Å²) in [7, 11) is 0. The molecule has 1 aromatic heterocycles. The number of carbonyl (C=O) groups is 1. The Kier molecular flexibility index (Phi) is 2.86. The molecule has 0 spiro atoms. The molecule has 0 aliphatic heterocycles. The van der Waals surface area contributed by atoms with Crippen LogP contribution in [0.2, 0.25) is 0 Å². The maximum atomic E-state index is 11.7. The van der Waals surface area contributed by atoms with Gasteiger partial charge in [0.05, 0.1) is 11.2 Å². The van der Waals surface area contributed by atoms with Crippen LogP contribution in [0.3, 0.4) is 0 Å². The average molecular weight is 197 g/mol. The molecule has 0 atom stereocenters. The van der Waals surface area contributed by atoms with Crippen LogP contribution in [0.15, 0.2) is 5.51 Å². The number of thiazole rings is 1. The van der Waals surface area contributed by atoms with E-state index in [0.717, 1.165) is 10.6 Å². The van der Waals surface area contributed by atoms with Crippen molar-refractivity contribution in [3.63, 3.8) is 0 Å². The van der Waals surface area contributed by atoms with Gasteiger partial charge < -0.3 is 0 Å². The lowest BCUT2D eigenvalue weighted by Gasteiger charge is -2.15. The molecule has 0 unspecified atom stereocenters. The third kappa shape index (κ3) is 2.62. The van der Waals surface area contributed by atoms with E-state index < -0.39 is 0 Å². The minimum absolute atomic E-state index is 0.240. The quantitative estimate of drug-likeness (QED) is 0.729. The van der Waals surface area contributed by atoms with Gasteiger partial charge in [0.1, 0.15) is 5.78 Å². The van der Waals surface area contributed by atoms with Gasteiger partial charge in [-0.15, -0.1) is 11.3 Å². The van der Waals surface area contributed by atoms with Crippen molar-refractivity contribution in [2.45, 2.75) is 34.1 Å². The van der Waals surface area contributed by atoms with Gasteiger partial charge in [-0.2, -0.15) is 0 Å². The summed E-state index contributed by atoms with van der Waals surface area (Å²) in [5.41, 5.74) is 2.54. The number of aryl methyl sites for hydroxylation is 1. The third-order valence-corrected chi connectivity index (χ3v) is 2.94. The highest BCUT2D eigenvalue weighted by Crippen LogP contribution is 2.21. The number of hydrogen-bond donors (Lipinski definition) is 0. The highest BCUT2D eigenvalue weighted by molar-refractivity contribution is 7.09. The fraction of sp³-hybridized carbons (Fsp3) is 0.600. The van der Waals surface area contributed by atoms with Gasteiger partial charge in [0, 0.05) is 16.7 Å². The van der Waals surface area contributed by atoms with E-state index in [2.05, 4.69) is 4.98 Å². The maximum Gasteiger partial charge on any atom is 0.143 e. The van der Waals surface area contributed by atoms with Crippen LogP contribution in [0.1, 0.15) is 31.3 Å². The summed E-state index contributed by atoms with van der Waals surface area (Å²) in [5, 5.41) is 0. The zero-order valence-corrected chi connectivity index (χ0v) is 9.36. The van der Waals surface area contributed by atoms with E-state index >= 15 is 0 Å². The van der Waals surface area contributed by atoms with E-state index in [4.69, 9.17) is 0 Å². The number of aromatic nitrogens is 1. The van der Waals surface area contributed by atoms with Crippen LogP contribution in [-0.2, 0) is 11.2 Å². The molecule has 0 aromatic carbocycles. The number of Topliss-reactive ketones (excluding diaryl/α,β-unsaturated/α-hetero) is 1. The molecule has 0 aliphatic rings. The molecular weight excluding hydrogens is 182 g/mol. The summed E-state index contributed by atoms with van der Waals surface area (Å²) in [4.78, 5) is 16.9. The molecule has 3 heteroatoms. The lowest BCUT2D eigenvalue weighted by molar-refractivity contribution is -0.125. The molecule has 0 saturated carbocycles. The van der Waals surface area contributed by atoms with E-state index in [0.29, 0.717) is 6.42 Å². The molecule has 13 heavy (non-hydrogen) atoms. The standard InChI is InChI=1S/C10H15NOS/c1-7-8(13-6-11-7)5-9(12)10(2,3)4/h6H,5H2,1-4H3. The van der Waals surface area contributed by atoms with Crippen molar-refractivity contribution in [1.29, 1.82) is 0 Å². The van der Waals surface area contributed by atoms with Crippen LogP contribution >= 0.6 is 11.3 Å². The van der Waals surface area contributed by atoms with Crippen molar-refractivity contribution in [3.8, 4) is 0 Å². The molecule has 2 nitrogen and oxygen atoms in total. The fourth-order valence-electron chi connectivity index (χ4n) is 0.907. The Hall–Kier alpha value is -0.700. The topological polar surface area (TPSA) is 30.0 Å². The first-order valence-electron chi connectivity index (χ1n) is 4.33. The summed E-state index contributed by atoms with van der Waals surface area (Å²) >= 11 is 1.56. The zero-order chi connectivity index (χ0) is 10.1. The van der Waals surface area contributed by atoms with Crippen molar-refractivity contribution >= 4 is 17.1 Å². The van der Waals surface area contributed by atoms with Crippen molar-refractivity contribution < 1.29 is 4.79 Å². The van der Waals surface area contributed by atoms with Crippen LogP contribution in [0.5, 0.6) is 0 Å². The summed E-state index contributed by atoms with van der Waals surface area (Å²) in [6.07, 6.45) is 0.528.